The van der Waals surface area contributed by atoms with E-state index in [9.17, 15) is 19.7 Å². The molecule has 1 aliphatic heterocycles. The molecule has 0 N–H and O–H groups in total. The fraction of sp³-hybridized carbons (Fsp3) is 0.125. The number of nitro benzene ring substituents is 1. The number of rotatable bonds is 4. The van der Waals surface area contributed by atoms with Crippen molar-refractivity contribution in [2.24, 2.45) is 0 Å². The van der Waals surface area contributed by atoms with Gasteiger partial charge in [-0.25, -0.2) is 4.90 Å². The van der Waals surface area contributed by atoms with Crippen LogP contribution in [-0.4, -0.2) is 23.3 Å². The van der Waals surface area contributed by atoms with Crippen LogP contribution in [0.15, 0.2) is 42.5 Å². The Bertz CT molecular complexity index is 814. The Morgan fingerprint density at radius 1 is 1.09 bits per heavy atom. The van der Waals surface area contributed by atoms with Crippen LogP contribution < -0.4 is 9.64 Å². The Balaban J connectivity index is 2.03. The maximum Gasteiger partial charge on any atom is 0.283 e. The quantitative estimate of drug-likeness (QED) is 0.492. The van der Waals surface area contributed by atoms with Crippen molar-refractivity contribution in [2.45, 2.75) is 6.92 Å². The van der Waals surface area contributed by atoms with Crippen molar-refractivity contribution < 1.29 is 19.2 Å². The lowest BCUT2D eigenvalue weighted by atomic mass is 10.1. The first-order valence-corrected chi connectivity index (χ1v) is 6.93. The molecule has 1 aliphatic rings. The Kier molecular flexibility index (Phi) is 3.53. The molecule has 7 heteroatoms. The second-order valence-electron chi connectivity index (χ2n) is 4.83. The number of benzene rings is 2. The zero-order chi connectivity index (χ0) is 16.6. The fourth-order valence-corrected chi connectivity index (χ4v) is 2.51. The minimum Gasteiger partial charge on any atom is -0.494 e. The molecule has 0 unspecified atom stereocenters. The second kappa shape index (κ2) is 5.53. The summed E-state index contributed by atoms with van der Waals surface area (Å²) < 4.78 is 5.31. The van der Waals surface area contributed by atoms with E-state index in [1.54, 1.807) is 24.3 Å². The summed E-state index contributed by atoms with van der Waals surface area (Å²) in [6.07, 6.45) is 0. The average Bonchev–Trinajstić information content (AvgIpc) is 2.80. The maximum absolute atomic E-state index is 12.5. The van der Waals surface area contributed by atoms with Gasteiger partial charge < -0.3 is 4.74 Å². The number of nitro groups is 1. The van der Waals surface area contributed by atoms with Gasteiger partial charge in [0.15, 0.2) is 0 Å². The molecular formula is C16H12N2O5. The molecule has 7 nitrogen and oxygen atoms in total. The van der Waals surface area contributed by atoms with Crippen LogP contribution in [0.5, 0.6) is 5.75 Å². The predicted octanol–water partition coefficient (Wildman–Crippen LogP) is 2.79. The largest absolute Gasteiger partial charge is 0.494 e. The molecule has 0 aromatic heterocycles. The van der Waals surface area contributed by atoms with Gasteiger partial charge in [0.05, 0.1) is 22.8 Å². The first kappa shape index (κ1) is 14.7. The Morgan fingerprint density at radius 3 is 2.39 bits per heavy atom. The minimum absolute atomic E-state index is 0.0399. The number of hydrogen-bond acceptors (Lipinski definition) is 5. The Morgan fingerprint density at radius 2 is 1.78 bits per heavy atom. The molecule has 0 spiro atoms. The van der Waals surface area contributed by atoms with E-state index in [2.05, 4.69) is 0 Å². The summed E-state index contributed by atoms with van der Waals surface area (Å²) in [7, 11) is 0. The van der Waals surface area contributed by atoms with E-state index in [1.807, 2.05) is 6.92 Å². The number of imide groups is 1. The molecule has 0 fully saturated rings. The highest BCUT2D eigenvalue weighted by molar-refractivity contribution is 6.35. The third-order valence-electron chi connectivity index (χ3n) is 3.50. The molecule has 116 valence electrons. The highest BCUT2D eigenvalue weighted by Crippen LogP contribution is 2.34. The van der Waals surface area contributed by atoms with E-state index < -0.39 is 16.7 Å². The van der Waals surface area contributed by atoms with Crippen LogP contribution in [0.3, 0.4) is 0 Å². The van der Waals surface area contributed by atoms with E-state index in [4.69, 9.17) is 4.74 Å². The van der Waals surface area contributed by atoms with Crippen molar-refractivity contribution in [1.82, 2.24) is 0 Å². The third-order valence-corrected chi connectivity index (χ3v) is 3.50. The number of amides is 2. The predicted molar refractivity (Wildman–Crippen MR) is 81.8 cm³/mol. The van der Waals surface area contributed by atoms with Gasteiger partial charge in [-0.3, -0.25) is 19.7 Å². The van der Waals surface area contributed by atoms with E-state index in [-0.39, 0.29) is 16.8 Å². The summed E-state index contributed by atoms with van der Waals surface area (Å²) in [4.78, 5) is 36.3. The van der Waals surface area contributed by atoms with Gasteiger partial charge in [-0.15, -0.1) is 0 Å². The van der Waals surface area contributed by atoms with Crippen molar-refractivity contribution in [3.05, 3.63) is 63.7 Å². The third kappa shape index (κ3) is 2.32. The lowest BCUT2D eigenvalue weighted by molar-refractivity contribution is -0.385. The van der Waals surface area contributed by atoms with Gasteiger partial charge in [-0.1, -0.05) is 6.07 Å². The highest BCUT2D eigenvalue weighted by Gasteiger charge is 2.41. The van der Waals surface area contributed by atoms with Gasteiger partial charge in [0.2, 0.25) is 0 Å². The number of ether oxygens (including phenoxy) is 1. The van der Waals surface area contributed by atoms with Crippen molar-refractivity contribution in [3.63, 3.8) is 0 Å². The molecule has 0 bridgehead atoms. The molecule has 3 rings (SSSR count). The minimum atomic E-state index is -0.693. The topological polar surface area (TPSA) is 89.8 Å². The van der Waals surface area contributed by atoms with Gasteiger partial charge in [0.25, 0.3) is 17.5 Å². The molecule has 2 aromatic carbocycles. The monoisotopic (exact) mass is 312 g/mol. The Hall–Kier alpha value is -3.22. The lowest BCUT2D eigenvalue weighted by Crippen LogP contribution is -2.29. The summed E-state index contributed by atoms with van der Waals surface area (Å²) in [5.41, 5.74) is -0.155. The molecule has 0 saturated carbocycles. The summed E-state index contributed by atoms with van der Waals surface area (Å²) >= 11 is 0. The highest BCUT2D eigenvalue weighted by atomic mass is 16.6. The average molecular weight is 312 g/mol. The zero-order valence-corrected chi connectivity index (χ0v) is 12.2. The van der Waals surface area contributed by atoms with Gasteiger partial charge in [-0.05, 0) is 37.3 Å². The molecule has 0 saturated heterocycles. The van der Waals surface area contributed by atoms with Gasteiger partial charge in [0, 0.05) is 6.07 Å². The number of carbonyl (C=O) groups is 2. The normalized spacial score (nSPS) is 13.2. The molecular weight excluding hydrogens is 300 g/mol. The lowest BCUT2D eigenvalue weighted by Gasteiger charge is -2.14. The van der Waals surface area contributed by atoms with Crippen LogP contribution >= 0.6 is 0 Å². The van der Waals surface area contributed by atoms with Crippen LogP contribution in [0, 0.1) is 10.1 Å². The molecule has 1 heterocycles. The summed E-state index contributed by atoms with van der Waals surface area (Å²) in [6, 6.07) is 10.4. The number of nitrogens with zero attached hydrogens (tertiary/aromatic N) is 2. The van der Waals surface area contributed by atoms with E-state index >= 15 is 0 Å². The Labute approximate surface area is 131 Å². The molecule has 23 heavy (non-hydrogen) atoms. The molecule has 2 aromatic rings. The smallest absolute Gasteiger partial charge is 0.283 e. The van der Waals surface area contributed by atoms with E-state index in [1.165, 1.54) is 18.2 Å². The van der Waals surface area contributed by atoms with Crippen LogP contribution in [-0.2, 0) is 0 Å². The summed E-state index contributed by atoms with van der Waals surface area (Å²) in [5, 5.41) is 11.1. The standard InChI is InChI=1S/C16H12N2O5/c1-2-23-11-8-6-10(7-9-11)17-15(19)12-4-3-5-13(18(21)22)14(12)16(17)20/h3-9H,2H2,1H3. The number of fused-ring (bicyclic) bond motifs is 1. The summed E-state index contributed by atoms with van der Waals surface area (Å²) in [6.45, 7) is 2.34. The number of hydrogen-bond donors (Lipinski definition) is 0. The fourth-order valence-electron chi connectivity index (χ4n) is 2.51. The molecule has 0 aliphatic carbocycles. The first-order valence-electron chi connectivity index (χ1n) is 6.93. The van der Waals surface area contributed by atoms with Crippen LogP contribution in [0.4, 0.5) is 11.4 Å². The maximum atomic E-state index is 12.5. The van der Waals surface area contributed by atoms with Crippen molar-refractivity contribution in [2.75, 3.05) is 11.5 Å². The van der Waals surface area contributed by atoms with E-state index in [0.29, 0.717) is 18.0 Å². The second-order valence-corrected chi connectivity index (χ2v) is 4.83. The molecule has 0 atom stereocenters. The van der Waals surface area contributed by atoms with Crippen LogP contribution in [0.2, 0.25) is 0 Å². The van der Waals surface area contributed by atoms with E-state index in [0.717, 1.165) is 4.90 Å². The SMILES string of the molecule is CCOc1ccc(N2C(=O)c3cccc([N+](=O)[O-])c3C2=O)cc1. The summed E-state index contributed by atoms with van der Waals surface area (Å²) in [5.74, 6) is -0.654. The van der Waals surface area contributed by atoms with Gasteiger partial charge in [-0.2, -0.15) is 0 Å². The van der Waals surface area contributed by atoms with Crippen molar-refractivity contribution >= 4 is 23.2 Å². The number of carbonyl (C=O) groups excluding carboxylic acids is 2. The van der Waals surface area contributed by atoms with Gasteiger partial charge >= 0.3 is 0 Å². The zero-order valence-electron chi connectivity index (χ0n) is 12.2. The van der Waals surface area contributed by atoms with Crippen molar-refractivity contribution in [3.8, 4) is 5.75 Å². The van der Waals surface area contributed by atoms with Crippen LogP contribution in [0.1, 0.15) is 27.6 Å². The first-order chi connectivity index (χ1) is 11.0. The van der Waals surface area contributed by atoms with Crippen LogP contribution in [0.25, 0.3) is 0 Å². The molecule has 0 radical (unpaired) electrons. The van der Waals surface area contributed by atoms with Crippen molar-refractivity contribution in [1.29, 1.82) is 0 Å². The number of anilines is 1. The molecule has 2 amide bonds. The van der Waals surface area contributed by atoms with Gasteiger partial charge in [0.1, 0.15) is 11.3 Å².